The van der Waals surface area contributed by atoms with Gasteiger partial charge in [0, 0.05) is 19.0 Å². The highest BCUT2D eigenvalue weighted by Gasteiger charge is 2.31. The smallest absolute Gasteiger partial charge is 0.242 e. The van der Waals surface area contributed by atoms with Crippen LogP contribution in [0, 0.1) is 11.8 Å². The van der Waals surface area contributed by atoms with Crippen molar-refractivity contribution in [1.29, 1.82) is 0 Å². The van der Waals surface area contributed by atoms with E-state index >= 15 is 0 Å². The van der Waals surface area contributed by atoms with Gasteiger partial charge in [-0.15, -0.1) is 0 Å². The number of benzene rings is 1. The van der Waals surface area contributed by atoms with E-state index in [2.05, 4.69) is 26.3 Å². The predicted molar refractivity (Wildman–Crippen MR) is 142 cm³/mol. The molecule has 1 aromatic carbocycles. The summed E-state index contributed by atoms with van der Waals surface area (Å²) in [5.41, 5.74) is 6.25. The lowest BCUT2D eigenvalue weighted by Crippen LogP contribution is -2.53. The van der Waals surface area contributed by atoms with Crippen LogP contribution >= 0.6 is 11.3 Å². The van der Waals surface area contributed by atoms with Crippen LogP contribution in [0.1, 0.15) is 42.4 Å². The zero-order valence-corrected chi connectivity index (χ0v) is 22.3. The molecular weight excluding hydrogens is 512 g/mol. The zero-order chi connectivity index (χ0) is 28.2. The van der Waals surface area contributed by atoms with Crippen LogP contribution in [-0.2, 0) is 25.6 Å². The van der Waals surface area contributed by atoms with Crippen molar-refractivity contribution in [2.75, 3.05) is 18.4 Å². The fourth-order valence-corrected chi connectivity index (χ4v) is 4.13. The molecule has 1 aromatic heterocycles. The molecule has 0 aliphatic rings. The predicted octanol–water partition coefficient (Wildman–Crippen LogP) is 0.569. The molecule has 4 atom stereocenters. The van der Waals surface area contributed by atoms with Gasteiger partial charge in [0.15, 0.2) is 11.4 Å². The molecule has 1 heterocycles. The molecule has 0 saturated carbocycles. The number of primary amides is 1. The first-order valence-corrected chi connectivity index (χ1v) is 12.9. The second kappa shape index (κ2) is 14.7. The van der Waals surface area contributed by atoms with Crippen LogP contribution in [0.2, 0.25) is 0 Å². The van der Waals surface area contributed by atoms with Gasteiger partial charge in [0.1, 0.15) is 17.8 Å². The second-order valence-corrected chi connectivity index (χ2v) is 9.95. The maximum atomic E-state index is 12.7. The average molecular weight is 547 g/mol. The lowest BCUT2D eigenvalue weighted by Gasteiger charge is -2.23. The summed E-state index contributed by atoms with van der Waals surface area (Å²) in [6.07, 6.45) is 2.99. The van der Waals surface area contributed by atoms with E-state index in [-0.39, 0.29) is 18.1 Å². The molecule has 1 unspecified atom stereocenters. The number of hydrogen-bond donors (Lipinski definition) is 6. The number of carbonyl (C=O) groups is 5. The van der Waals surface area contributed by atoms with Crippen molar-refractivity contribution in [1.82, 2.24) is 20.9 Å². The number of nitrogens with zero attached hydrogens (tertiary/aromatic N) is 1. The minimum atomic E-state index is -0.957. The summed E-state index contributed by atoms with van der Waals surface area (Å²) in [6, 6.07) is 4.44. The van der Waals surface area contributed by atoms with E-state index in [9.17, 15) is 29.1 Å². The molecular formula is C25H34N6O6S. The number of phenols is 1. The highest BCUT2D eigenvalue weighted by molar-refractivity contribution is 7.17. The summed E-state index contributed by atoms with van der Waals surface area (Å²) >= 11 is 1.23. The minimum absolute atomic E-state index is 0.0803. The van der Waals surface area contributed by atoms with Gasteiger partial charge in [0.2, 0.25) is 23.6 Å². The molecule has 38 heavy (non-hydrogen) atoms. The van der Waals surface area contributed by atoms with Gasteiger partial charge in [0.05, 0.1) is 17.0 Å². The van der Waals surface area contributed by atoms with Crippen molar-refractivity contribution in [3.8, 4) is 5.75 Å². The number of anilines is 1. The van der Waals surface area contributed by atoms with Gasteiger partial charge < -0.3 is 32.1 Å². The molecule has 0 fully saturated rings. The van der Waals surface area contributed by atoms with Crippen LogP contribution < -0.4 is 27.0 Å². The third-order valence-corrected chi connectivity index (χ3v) is 6.73. The summed E-state index contributed by atoms with van der Waals surface area (Å²) in [5.74, 6) is -3.69. The van der Waals surface area contributed by atoms with E-state index in [1.165, 1.54) is 43.5 Å². The Balaban J connectivity index is 1.75. The molecule has 2 aromatic rings. The fraction of sp³-hybridized carbons (Fsp3) is 0.440. The average Bonchev–Trinajstić information content (AvgIpc) is 3.35. The van der Waals surface area contributed by atoms with E-state index in [1.807, 2.05) is 0 Å². The molecule has 206 valence electrons. The summed E-state index contributed by atoms with van der Waals surface area (Å²) in [6.45, 7) is 5.45. The Bertz CT molecular complexity index is 1120. The number of amides is 4. The molecule has 0 saturated heterocycles. The molecule has 0 radical (unpaired) electrons. The first-order chi connectivity index (χ1) is 18.0. The maximum Gasteiger partial charge on any atom is 0.242 e. The van der Waals surface area contributed by atoms with Crippen molar-refractivity contribution in [2.24, 2.45) is 17.6 Å². The van der Waals surface area contributed by atoms with Gasteiger partial charge in [-0.25, -0.2) is 4.98 Å². The van der Waals surface area contributed by atoms with E-state index in [0.29, 0.717) is 29.5 Å². The van der Waals surface area contributed by atoms with E-state index in [0.717, 1.165) is 11.8 Å². The van der Waals surface area contributed by atoms with Crippen molar-refractivity contribution in [3.63, 3.8) is 0 Å². The normalized spacial score (nSPS) is 13.9. The topological polar surface area (TPSA) is 193 Å². The highest BCUT2D eigenvalue weighted by Crippen LogP contribution is 2.20. The van der Waals surface area contributed by atoms with Gasteiger partial charge in [-0.1, -0.05) is 30.4 Å². The number of nitrogens with two attached hydrogens (primary N) is 1. The van der Waals surface area contributed by atoms with Gasteiger partial charge in [-0.05, 0) is 44.4 Å². The number of carbonyl (C=O) groups excluding carboxylic acids is 5. The number of aromatic hydroxyl groups is 1. The van der Waals surface area contributed by atoms with E-state index in [4.69, 9.17) is 5.73 Å². The molecule has 0 aliphatic carbocycles. The number of aldehydes is 1. The van der Waals surface area contributed by atoms with Crippen molar-refractivity contribution in [2.45, 2.75) is 45.7 Å². The Hall–Kier alpha value is -4.00. The maximum absolute atomic E-state index is 12.7. The molecule has 0 spiro atoms. The number of aromatic nitrogens is 1. The molecule has 13 heteroatoms. The Kier molecular flexibility index (Phi) is 11.7. The number of thiazole rings is 1. The summed E-state index contributed by atoms with van der Waals surface area (Å²) < 4.78 is 0. The molecule has 4 amide bonds. The van der Waals surface area contributed by atoms with Crippen molar-refractivity contribution in [3.05, 3.63) is 40.9 Å². The first kappa shape index (κ1) is 30.2. The largest absolute Gasteiger partial charge is 0.508 e. The monoisotopic (exact) mass is 546 g/mol. The molecule has 7 N–H and O–H groups in total. The third kappa shape index (κ3) is 9.47. The molecule has 12 nitrogen and oxygen atoms in total. The lowest BCUT2D eigenvalue weighted by atomic mass is 9.86. The van der Waals surface area contributed by atoms with E-state index < -0.39 is 41.6 Å². The summed E-state index contributed by atoms with van der Waals surface area (Å²) in [5, 5.41) is 20.9. The Morgan fingerprint density at radius 2 is 1.63 bits per heavy atom. The second-order valence-electron chi connectivity index (χ2n) is 8.89. The number of rotatable bonds is 15. The minimum Gasteiger partial charge on any atom is -0.508 e. The standard InChI is InChI=1S/C25H34N6O6S/c1-14(20(21(26)34)11-17-5-7-18(33)8-6-17)22(35)30-16(3)24(37)31-15(2)23(36)27-9-4-10-28-25-29-12-19(13-32)38-25/h5-8,12-16,20,33H,4,9-11H2,1-3H3,(H2,26,34)(H,27,36)(H,28,29)(H,30,35)(H,31,37)/t14-,15-,16-,20?/m0/s1. The summed E-state index contributed by atoms with van der Waals surface area (Å²) in [7, 11) is 0. The van der Waals surface area contributed by atoms with Gasteiger partial charge in [0.25, 0.3) is 0 Å². The third-order valence-electron chi connectivity index (χ3n) is 5.85. The van der Waals surface area contributed by atoms with Crippen LogP contribution in [0.15, 0.2) is 30.5 Å². The fourth-order valence-electron chi connectivity index (χ4n) is 3.48. The Morgan fingerprint density at radius 1 is 1.00 bits per heavy atom. The molecule has 0 aliphatic heterocycles. The van der Waals surface area contributed by atoms with Crippen LogP contribution in [0.3, 0.4) is 0 Å². The quantitative estimate of drug-likeness (QED) is 0.138. The number of nitrogens with one attached hydrogen (secondary N) is 4. The molecule has 0 bridgehead atoms. The van der Waals surface area contributed by atoms with Gasteiger partial charge >= 0.3 is 0 Å². The van der Waals surface area contributed by atoms with Crippen LogP contribution in [0.4, 0.5) is 5.13 Å². The Labute approximate surface area is 224 Å². The Morgan fingerprint density at radius 3 is 2.24 bits per heavy atom. The van der Waals surface area contributed by atoms with Crippen LogP contribution in [0.25, 0.3) is 0 Å². The summed E-state index contributed by atoms with van der Waals surface area (Å²) in [4.78, 5) is 64.9. The SMILES string of the molecule is C[C@H](NC(=O)[C@H](C)NC(=O)[C@@H](C)C(Cc1ccc(O)cc1)C(N)=O)C(=O)NCCCNc1ncc(C=O)s1. The highest BCUT2D eigenvalue weighted by atomic mass is 32.1. The van der Waals surface area contributed by atoms with E-state index in [1.54, 1.807) is 19.1 Å². The molecule has 2 rings (SSSR count). The lowest BCUT2D eigenvalue weighted by molar-refractivity contribution is -0.135. The van der Waals surface area contributed by atoms with Gasteiger partial charge in [-0.2, -0.15) is 0 Å². The van der Waals surface area contributed by atoms with Crippen molar-refractivity contribution >= 4 is 46.4 Å². The number of phenolic OH excluding ortho intramolecular Hbond substituents is 1. The zero-order valence-electron chi connectivity index (χ0n) is 21.5. The first-order valence-electron chi connectivity index (χ1n) is 12.1. The van der Waals surface area contributed by atoms with Crippen molar-refractivity contribution < 1.29 is 29.1 Å². The van der Waals surface area contributed by atoms with Gasteiger partial charge in [-0.3, -0.25) is 24.0 Å². The van der Waals surface area contributed by atoms with Crippen LogP contribution in [-0.4, -0.2) is 65.2 Å². The number of hydrogen-bond acceptors (Lipinski definition) is 9. The van der Waals surface area contributed by atoms with Crippen LogP contribution in [0.5, 0.6) is 5.75 Å².